The van der Waals surface area contributed by atoms with Crippen LogP contribution in [0.4, 0.5) is 31.7 Å². The van der Waals surface area contributed by atoms with Crippen molar-refractivity contribution in [1.29, 1.82) is 0 Å². The minimum atomic E-state index is -3.71. The summed E-state index contributed by atoms with van der Waals surface area (Å²) in [5, 5.41) is 3.43. The monoisotopic (exact) mass is 527 g/mol. The average molecular weight is 527 g/mol. The number of alkyl halides is 2. The molecule has 2 aliphatic rings. The highest BCUT2D eigenvalue weighted by atomic mass is 19.3. The maximum absolute atomic E-state index is 13.5. The molecule has 5 aromatic rings. The number of nitrogens with zero attached hydrogens (tertiary/aromatic N) is 6. The Kier molecular flexibility index (Phi) is 4.97. The number of hydrogen-bond acceptors (Lipinski definition) is 10. The first-order valence-corrected chi connectivity index (χ1v) is 11.9. The van der Waals surface area contributed by atoms with Gasteiger partial charge in [-0.25, -0.2) is 24.9 Å². The van der Waals surface area contributed by atoms with Gasteiger partial charge in [-0.3, -0.25) is 0 Å². The molecular formula is C26H19F2N9O2. The van der Waals surface area contributed by atoms with Gasteiger partial charge in [-0.2, -0.15) is 0 Å². The van der Waals surface area contributed by atoms with Crippen molar-refractivity contribution in [3.8, 4) is 22.8 Å². The van der Waals surface area contributed by atoms with Crippen LogP contribution in [0, 0.1) is 6.92 Å². The quantitative estimate of drug-likeness (QED) is 0.297. The van der Waals surface area contributed by atoms with E-state index in [2.05, 4.69) is 39.7 Å². The van der Waals surface area contributed by atoms with Crippen LogP contribution in [0.5, 0.6) is 11.5 Å². The first-order valence-electron chi connectivity index (χ1n) is 11.9. The first-order chi connectivity index (χ1) is 18.9. The number of H-pyrrole nitrogens is 1. The summed E-state index contributed by atoms with van der Waals surface area (Å²) in [7, 11) is 0. The maximum Gasteiger partial charge on any atom is 0.586 e. The molecule has 2 aromatic carbocycles. The minimum Gasteiger partial charge on any atom is -0.395 e. The smallest absolute Gasteiger partial charge is 0.395 e. The Balaban J connectivity index is 1.26. The number of rotatable bonds is 4. The van der Waals surface area contributed by atoms with Crippen LogP contribution in [0.25, 0.3) is 22.4 Å². The third-order valence-corrected chi connectivity index (χ3v) is 6.56. The summed E-state index contributed by atoms with van der Waals surface area (Å²) < 4.78 is 36.1. The molecule has 0 saturated heterocycles. The molecule has 13 heteroatoms. The van der Waals surface area contributed by atoms with Crippen LogP contribution in [0.1, 0.15) is 17.3 Å². The van der Waals surface area contributed by atoms with Gasteiger partial charge in [0.1, 0.15) is 29.5 Å². The van der Waals surface area contributed by atoms with E-state index in [-0.39, 0.29) is 11.5 Å². The number of nitrogens with one attached hydrogen (secondary N) is 2. The SMILES string of the molecule is Cc1ccc2c(c1Nc1ncccc1-c1ncnc3nc[nH]c13)N=CN(c1ccc3c(c1)OC(F)(F)O3)C2N. The zero-order valence-corrected chi connectivity index (χ0v) is 20.3. The van der Waals surface area contributed by atoms with Crippen LogP contribution in [0.3, 0.4) is 0 Å². The number of ether oxygens (including phenoxy) is 2. The molecule has 4 N–H and O–H groups in total. The molecule has 2 aliphatic heterocycles. The summed E-state index contributed by atoms with van der Waals surface area (Å²) in [6.45, 7) is 1.95. The fourth-order valence-corrected chi connectivity index (χ4v) is 4.69. The van der Waals surface area contributed by atoms with E-state index >= 15 is 0 Å². The van der Waals surface area contributed by atoms with Gasteiger partial charge in [-0.1, -0.05) is 12.1 Å². The Hall–Kier alpha value is -5.17. The maximum atomic E-state index is 13.5. The van der Waals surface area contributed by atoms with Crippen LogP contribution in [0.15, 0.2) is 66.3 Å². The van der Waals surface area contributed by atoms with E-state index in [0.29, 0.717) is 34.1 Å². The molecule has 0 aliphatic carbocycles. The molecule has 39 heavy (non-hydrogen) atoms. The number of aliphatic imine (C=N–C) groups is 1. The van der Waals surface area contributed by atoms with Crippen molar-refractivity contribution >= 4 is 40.4 Å². The zero-order valence-electron chi connectivity index (χ0n) is 20.3. The van der Waals surface area contributed by atoms with Gasteiger partial charge in [0.05, 0.1) is 24.0 Å². The summed E-state index contributed by atoms with van der Waals surface area (Å²) >= 11 is 0. The zero-order chi connectivity index (χ0) is 26.7. The molecule has 0 bridgehead atoms. The van der Waals surface area contributed by atoms with E-state index in [1.807, 2.05) is 31.2 Å². The number of anilines is 3. The van der Waals surface area contributed by atoms with Crippen molar-refractivity contribution in [2.24, 2.45) is 10.7 Å². The lowest BCUT2D eigenvalue weighted by atomic mass is 10.0. The van der Waals surface area contributed by atoms with Crippen LogP contribution in [0.2, 0.25) is 0 Å². The summed E-state index contributed by atoms with van der Waals surface area (Å²) in [5.41, 5.74) is 12.8. The number of pyridine rings is 1. The lowest BCUT2D eigenvalue weighted by Gasteiger charge is -2.32. The minimum absolute atomic E-state index is 0.0453. The van der Waals surface area contributed by atoms with Gasteiger partial charge in [0.15, 0.2) is 17.1 Å². The standard InChI is InChI=1S/C26H19F2N9O2/c1-13-4-6-15-20(35-12-37(23(15)29)14-5-7-17-18(9-14)39-26(27,28)38-17)19(13)36-24-16(3-2-8-30-24)21-22-25(33-10-31-21)34-11-32-22/h2-12,23H,29H2,1H3,(H,30,36)(H,31,32,33,34). The number of halogens is 2. The predicted octanol–water partition coefficient (Wildman–Crippen LogP) is 4.93. The van der Waals surface area contributed by atoms with Crippen LogP contribution in [-0.2, 0) is 0 Å². The average Bonchev–Trinajstić information content (AvgIpc) is 3.53. The van der Waals surface area contributed by atoms with E-state index in [0.717, 1.165) is 22.4 Å². The molecule has 0 fully saturated rings. The number of hydrogen-bond donors (Lipinski definition) is 3. The molecule has 7 rings (SSSR count). The summed E-state index contributed by atoms with van der Waals surface area (Å²) in [5.74, 6) is 0.441. The molecule has 1 atom stereocenters. The highest BCUT2D eigenvalue weighted by Gasteiger charge is 2.43. The molecular weight excluding hydrogens is 508 g/mol. The fraction of sp³-hybridized carbons (Fsp3) is 0.115. The predicted molar refractivity (Wildman–Crippen MR) is 140 cm³/mol. The molecule has 0 spiro atoms. The molecule has 194 valence electrons. The van der Waals surface area contributed by atoms with Gasteiger partial charge >= 0.3 is 6.29 Å². The Labute approximate surface area is 219 Å². The molecule has 0 radical (unpaired) electrons. The third kappa shape index (κ3) is 3.78. The highest BCUT2D eigenvalue weighted by molar-refractivity contribution is 5.94. The molecule has 0 saturated carbocycles. The second-order valence-electron chi connectivity index (χ2n) is 8.94. The summed E-state index contributed by atoms with van der Waals surface area (Å²) in [4.78, 5) is 26.9. The number of imidazole rings is 1. The van der Waals surface area contributed by atoms with Gasteiger partial charge in [0.25, 0.3) is 0 Å². The van der Waals surface area contributed by atoms with Crippen LogP contribution in [-0.4, -0.2) is 37.6 Å². The van der Waals surface area contributed by atoms with Gasteiger partial charge in [-0.15, -0.1) is 8.78 Å². The van der Waals surface area contributed by atoms with E-state index < -0.39 is 12.5 Å². The largest absolute Gasteiger partial charge is 0.586 e. The second-order valence-corrected chi connectivity index (χ2v) is 8.94. The van der Waals surface area contributed by atoms with Gasteiger partial charge in [0, 0.05) is 29.1 Å². The van der Waals surface area contributed by atoms with Gasteiger partial charge < -0.3 is 30.4 Å². The van der Waals surface area contributed by atoms with Crippen molar-refractivity contribution in [2.75, 3.05) is 10.2 Å². The summed E-state index contributed by atoms with van der Waals surface area (Å²) in [6.07, 6.45) is 1.91. The van der Waals surface area contributed by atoms with Crippen LogP contribution < -0.4 is 25.4 Å². The highest BCUT2D eigenvalue weighted by Crippen LogP contribution is 2.46. The molecule has 5 heterocycles. The molecule has 0 amide bonds. The van der Waals surface area contributed by atoms with E-state index in [4.69, 9.17) is 10.7 Å². The van der Waals surface area contributed by atoms with Gasteiger partial charge in [0.2, 0.25) is 0 Å². The van der Waals surface area contributed by atoms with Crippen molar-refractivity contribution in [2.45, 2.75) is 19.4 Å². The van der Waals surface area contributed by atoms with E-state index in [9.17, 15) is 8.78 Å². The number of benzene rings is 2. The lowest BCUT2D eigenvalue weighted by Crippen LogP contribution is -2.35. The van der Waals surface area contributed by atoms with Crippen molar-refractivity contribution < 1.29 is 18.3 Å². The lowest BCUT2D eigenvalue weighted by molar-refractivity contribution is -0.286. The Morgan fingerprint density at radius 2 is 1.92 bits per heavy atom. The molecule has 3 aromatic heterocycles. The Morgan fingerprint density at radius 1 is 1.05 bits per heavy atom. The third-order valence-electron chi connectivity index (χ3n) is 6.56. The number of aryl methyl sites for hydroxylation is 1. The molecule has 11 nitrogen and oxygen atoms in total. The normalized spacial score (nSPS) is 16.9. The number of nitrogens with two attached hydrogens (primary N) is 1. The number of aromatic nitrogens is 5. The second kappa shape index (κ2) is 8.43. The number of aromatic amines is 1. The Bertz CT molecular complexity index is 1790. The Morgan fingerprint density at radius 3 is 2.82 bits per heavy atom. The van der Waals surface area contributed by atoms with Crippen molar-refractivity contribution in [3.05, 3.63) is 72.4 Å². The number of fused-ring (bicyclic) bond motifs is 3. The van der Waals surface area contributed by atoms with Crippen molar-refractivity contribution in [1.82, 2.24) is 24.9 Å². The van der Waals surface area contributed by atoms with Gasteiger partial charge in [-0.05, 0) is 36.8 Å². The molecule has 1 unspecified atom stereocenters. The van der Waals surface area contributed by atoms with E-state index in [1.54, 1.807) is 29.8 Å². The topological polar surface area (TPSA) is 139 Å². The van der Waals surface area contributed by atoms with Crippen molar-refractivity contribution in [3.63, 3.8) is 0 Å². The summed E-state index contributed by atoms with van der Waals surface area (Å²) in [6, 6.07) is 12.0. The van der Waals surface area contributed by atoms with Crippen LogP contribution >= 0.6 is 0 Å². The first kappa shape index (κ1) is 23.0. The fourth-order valence-electron chi connectivity index (χ4n) is 4.69. The van der Waals surface area contributed by atoms with E-state index in [1.165, 1.54) is 18.5 Å².